The summed E-state index contributed by atoms with van der Waals surface area (Å²) >= 11 is 7.72. The van der Waals surface area contributed by atoms with Crippen LogP contribution in [0.2, 0.25) is 5.02 Å². The molecule has 0 radical (unpaired) electrons. The molecule has 3 rings (SSSR count). The first-order valence-electron chi connectivity index (χ1n) is 7.68. The van der Waals surface area contributed by atoms with Crippen LogP contribution in [0, 0.1) is 5.92 Å². The zero-order valence-corrected chi connectivity index (χ0v) is 15.0. The fourth-order valence-corrected chi connectivity index (χ4v) is 3.86. The highest BCUT2D eigenvalue weighted by atomic mass is 35.5. The van der Waals surface area contributed by atoms with Gasteiger partial charge in [0.2, 0.25) is 0 Å². The topological polar surface area (TPSA) is 41.5 Å². The summed E-state index contributed by atoms with van der Waals surface area (Å²) in [6.45, 7) is 4.09. The summed E-state index contributed by atoms with van der Waals surface area (Å²) in [4.78, 5) is 13.0. The fraction of sp³-hybridized carbons (Fsp3) is 0.158. The van der Waals surface area contributed by atoms with Gasteiger partial charge in [-0.1, -0.05) is 74.0 Å². The zero-order valence-electron chi connectivity index (χ0n) is 13.4. The number of carbonyl (C=O) groups is 1. The predicted octanol–water partition coefficient (Wildman–Crippen LogP) is 5.34. The van der Waals surface area contributed by atoms with E-state index >= 15 is 0 Å². The van der Waals surface area contributed by atoms with Gasteiger partial charge in [-0.05, 0) is 17.5 Å². The van der Waals surface area contributed by atoms with E-state index in [1.165, 1.54) is 11.3 Å². The molecule has 3 aromatic rings. The van der Waals surface area contributed by atoms with Gasteiger partial charge in [-0.25, -0.2) is 5.43 Å². The van der Waals surface area contributed by atoms with Crippen molar-refractivity contribution < 1.29 is 4.79 Å². The Hall–Kier alpha value is -2.17. The molecule has 3 nitrogen and oxygen atoms in total. The monoisotopic (exact) mass is 356 g/mol. The van der Waals surface area contributed by atoms with Crippen LogP contribution >= 0.6 is 22.9 Å². The van der Waals surface area contributed by atoms with Crippen molar-refractivity contribution in [2.24, 2.45) is 11.0 Å². The van der Waals surface area contributed by atoms with Crippen molar-refractivity contribution in [3.63, 3.8) is 0 Å². The van der Waals surface area contributed by atoms with Crippen molar-refractivity contribution in [2.45, 2.75) is 13.8 Å². The molecule has 0 saturated carbocycles. The molecule has 1 aromatic heterocycles. The van der Waals surface area contributed by atoms with Crippen molar-refractivity contribution in [3.05, 3.63) is 70.1 Å². The predicted molar refractivity (Wildman–Crippen MR) is 102 cm³/mol. The standard InChI is InChI=1S/C19H17ClN2OS/c1-12(2)17(13-8-4-3-5-9-13)21-22-19(23)18-16(20)14-10-6-7-11-15(14)24-18/h3-12H,1-2H3,(H,22,23)/b21-17+. The fourth-order valence-electron chi connectivity index (χ4n) is 2.46. The number of hydrazone groups is 1. The smallest absolute Gasteiger partial charge is 0.266 e. The Morgan fingerprint density at radius 2 is 1.75 bits per heavy atom. The number of fused-ring (bicyclic) bond motifs is 1. The van der Waals surface area contributed by atoms with E-state index in [-0.39, 0.29) is 11.8 Å². The Labute approximate surface area is 150 Å². The summed E-state index contributed by atoms with van der Waals surface area (Å²) in [7, 11) is 0. The van der Waals surface area contributed by atoms with Gasteiger partial charge in [0.15, 0.2) is 0 Å². The molecular formula is C19H17ClN2OS. The van der Waals surface area contributed by atoms with Crippen molar-refractivity contribution in [1.82, 2.24) is 5.43 Å². The molecule has 1 heterocycles. The maximum Gasteiger partial charge on any atom is 0.283 e. The van der Waals surface area contributed by atoms with E-state index < -0.39 is 0 Å². The van der Waals surface area contributed by atoms with Crippen molar-refractivity contribution in [1.29, 1.82) is 0 Å². The Morgan fingerprint density at radius 3 is 2.42 bits per heavy atom. The lowest BCUT2D eigenvalue weighted by atomic mass is 10.0. The van der Waals surface area contributed by atoms with Gasteiger partial charge < -0.3 is 0 Å². The van der Waals surface area contributed by atoms with Crippen molar-refractivity contribution in [2.75, 3.05) is 0 Å². The van der Waals surface area contributed by atoms with Gasteiger partial charge in [0.1, 0.15) is 4.88 Å². The molecular weight excluding hydrogens is 340 g/mol. The molecule has 0 spiro atoms. The number of thiophene rings is 1. The molecule has 2 aromatic carbocycles. The number of rotatable bonds is 4. The summed E-state index contributed by atoms with van der Waals surface area (Å²) in [5, 5.41) is 5.72. The molecule has 0 atom stereocenters. The lowest BCUT2D eigenvalue weighted by Gasteiger charge is -2.10. The average Bonchev–Trinajstić information content (AvgIpc) is 2.93. The van der Waals surface area contributed by atoms with E-state index in [1.807, 2.05) is 68.4 Å². The lowest BCUT2D eigenvalue weighted by molar-refractivity contribution is 0.0959. The summed E-state index contributed by atoms with van der Waals surface area (Å²) in [5.74, 6) is -0.0964. The number of nitrogens with zero attached hydrogens (tertiary/aromatic N) is 1. The van der Waals surface area contributed by atoms with E-state index in [0.717, 1.165) is 21.4 Å². The van der Waals surface area contributed by atoms with E-state index in [2.05, 4.69) is 10.5 Å². The first-order valence-corrected chi connectivity index (χ1v) is 8.87. The van der Waals surface area contributed by atoms with Crippen LogP contribution in [0.1, 0.15) is 29.1 Å². The highest BCUT2D eigenvalue weighted by molar-refractivity contribution is 7.21. The quantitative estimate of drug-likeness (QED) is 0.497. The highest BCUT2D eigenvalue weighted by Crippen LogP contribution is 2.34. The van der Waals surface area contributed by atoms with Crippen LogP contribution in [-0.4, -0.2) is 11.6 Å². The molecule has 0 aliphatic rings. The van der Waals surface area contributed by atoms with Crippen molar-refractivity contribution >= 4 is 44.6 Å². The van der Waals surface area contributed by atoms with Crippen LogP contribution in [0.5, 0.6) is 0 Å². The minimum atomic E-state index is -0.282. The van der Waals surface area contributed by atoms with Crippen LogP contribution in [0.4, 0.5) is 0 Å². The number of benzene rings is 2. The SMILES string of the molecule is CC(C)/C(=N\NC(=O)c1sc2ccccc2c1Cl)c1ccccc1. The Morgan fingerprint density at radius 1 is 1.08 bits per heavy atom. The summed E-state index contributed by atoms with van der Waals surface area (Å²) in [6, 6.07) is 17.5. The van der Waals surface area contributed by atoms with Crippen LogP contribution in [0.3, 0.4) is 0 Å². The van der Waals surface area contributed by atoms with Gasteiger partial charge in [-0.15, -0.1) is 11.3 Å². The lowest BCUT2D eigenvalue weighted by Crippen LogP contribution is -2.21. The molecule has 0 saturated heterocycles. The van der Waals surface area contributed by atoms with E-state index in [0.29, 0.717) is 9.90 Å². The molecule has 1 N–H and O–H groups in total. The van der Waals surface area contributed by atoms with Crippen LogP contribution < -0.4 is 5.43 Å². The number of amides is 1. The Bertz CT molecular complexity index is 900. The molecule has 5 heteroatoms. The first kappa shape index (κ1) is 16.7. The summed E-state index contributed by atoms with van der Waals surface area (Å²) < 4.78 is 0.990. The number of hydrogen-bond acceptors (Lipinski definition) is 3. The molecule has 0 fully saturated rings. The number of nitrogens with one attached hydrogen (secondary N) is 1. The molecule has 0 aliphatic carbocycles. The highest BCUT2D eigenvalue weighted by Gasteiger charge is 2.17. The maximum atomic E-state index is 12.5. The molecule has 0 unspecified atom stereocenters. The van der Waals surface area contributed by atoms with E-state index in [9.17, 15) is 4.79 Å². The summed E-state index contributed by atoms with van der Waals surface area (Å²) in [5.41, 5.74) is 4.49. The first-order chi connectivity index (χ1) is 11.6. The van der Waals surface area contributed by atoms with Gasteiger partial charge >= 0.3 is 0 Å². The third-order valence-electron chi connectivity index (χ3n) is 3.64. The maximum absolute atomic E-state index is 12.5. The third kappa shape index (κ3) is 3.35. The minimum Gasteiger partial charge on any atom is -0.266 e. The molecule has 0 bridgehead atoms. The molecule has 24 heavy (non-hydrogen) atoms. The second kappa shape index (κ2) is 7.16. The van der Waals surface area contributed by atoms with Gasteiger partial charge in [0, 0.05) is 10.1 Å². The number of halogens is 1. The summed E-state index contributed by atoms with van der Waals surface area (Å²) in [6.07, 6.45) is 0. The third-order valence-corrected chi connectivity index (χ3v) is 5.31. The molecule has 1 amide bonds. The van der Waals surface area contributed by atoms with E-state index in [4.69, 9.17) is 11.6 Å². The largest absolute Gasteiger partial charge is 0.283 e. The normalized spacial score (nSPS) is 11.9. The Balaban J connectivity index is 1.88. The van der Waals surface area contributed by atoms with Crippen LogP contribution in [0.15, 0.2) is 59.7 Å². The number of hydrogen-bond donors (Lipinski definition) is 1. The van der Waals surface area contributed by atoms with Crippen LogP contribution in [0.25, 0.3) is 10.1 Å². The minimum absolute atomic E-state index is 0.186. The average molecular weight is 357 g/mol. The van der Waals surface area contributed by atoms with Gasteiger partial charge in [0.25, 0.3) is 5.91 Å². The van der Waals surface area contributed by atoms with Crippen molar-refractivity contribution in [3.8, 4) is 0 Å². The number of carbonyl (C=O) groups excluding carboxylic acids is 1. The zero-order chi connectivity index (χ0) is 17.1. The van der Waals surface area contributed by atoms with Crippen LogP contribution in [-0.2, 0) is 0 Å². The molecule has 0 aliphatic heterocycles. The Kier molecular flexibility index (Phi) is 4.97. The second-order valence-electron chi connectivity index (χ2n) is 5.70. The second-order valence-corrected chi connectivity index (χ2v) is 7.13. The molecule has 122 valence electrons. The van der Waals surface area contributed by atoms with Gasteiger partial charge in [-0.2, -0.15) is 5.10 Å². The van der Waals surface area contributed by atoms with E-state index in [1.54, 1.807) is 0 Å². The van der Waals surface area contributed by atoms with Gasteiger partial charge in [0.05, 0.1) is 10.7 Å². The van der Waals surface area contributed by atoms with Gasteiger partial charge in [-0.3, -0.25) is 4.79 Å².